The highest BCUT2D eigenvalue weighted by Crippen LogP contribution is 2.58. The smallest absolute Gasteiger partial charge is 0.465 e. The van der Waals surface area contributed by atoms with Crippen molar-refractivity contribution in [2.24, 2.45) is 0 Å². The van der Waals surface area contributed by atoms with Crippen molar-refractivity contribution < 1.29 is 18.8 Å². The number of esters is 1. The first-order valence-electron chi connectivity index (χ1n) is 6.65. The van der Waals surface area contributed by atoms with E-state index in [0.717, 1.165) is 19.3 Å². The van der Waals surface area contributed by atoms with Crippen molar-refractivity contribution in [3.63, 3.8) is 0 Å². The summed E-state index contributed by atoms with van der Waals surface area (Å²) in [6.07, 6.45) is 3.46. The molecule has 5 heteroatoms. The maximum Gasteiger partial charge on any atom is 0.465 e. The quantitative estimate of drug-likeness (QED) is 0.573. The Morgan fingerprint density at radius 1 is 1.17 bits per heavy atom. The van der Waals surface area contributed by atoms with Gasteiger partial charge in [-0.1, -0.05) is 6.42 Å². The lowest BCUT2D eigenvalue weighted by molar-refractivity contribution is -0.142. The van der Waals surface area contributed by atoms with Crippen LogP contribution in [0.25, 0.3) is 0 Å². The Bertz CT molecular complexity index is 331. The molecular weight excluding hydrogens is 231 g/mol. The zero-order valence-corrected chi connectivity index (χ0v) is 12.0. The Hall–Kier alpha value is -0.545. The summed E-state index contributed by atoms with van der Waals surface area (Å²) < 4.78 is 17.0. The number of hydrogen-bond acceptors (Lipinski definition) is 4. The lowest BCUT2D eigenvalue weighted by Gasteiger charge is -2.42. The molecular formula is C13H23BO4. The van der Waals surface area contributed by atoms with Gasteiger partial charge >= 0.3 is 13.1 Å². The molecule has 0 amide bonds. The predicted octanol–water partition coefficient (Wildman–Crippen LogP) is 2.57. The molecule has 1 heterocycles. The highest BCUT2D eigenvalue weighted by atomic mass is 16.7. The maximum atomic E-state index is 11.6. The molecule has 18 heavy (non-hydrogen) atoms. The molecule has 102 valence electrons. The van der Waals surface area contributed by atoms with Crippen molar-refractivity contribution in [2.45, 2.75) is 69.9 Å². The minimum atomic E-state index is -0.337. The Labute approximate surface area is 110 Å². The summed E-state index contributed by atoms with van der Waals surface area (Å²) in [4.78, 5) is 11.6. The van der Waals surface area contributed by atoms with E-state index >= 15 is 0 Å². The van der Waals surface area contributed by atoms with E-state index in [0.29, 0.717) is 6.42 Å². The molecule has 0 unspecified atom stereocenters. The van der Waals surface area contributed by atoms with E-state index < -0.39 is 0 Å². The van der Waals surface area contributed by atoms with Crippen LogP contribution in [0.1, 0.15) is 53.4 Å². The standard InChI is InChI=1S/C13H23BO4/c1-11(2)12(3,4)18-14(17-11)13(7-6-8-13)9-10(15)16-5/h6-9H2,1-5H3. The molecule has 4 nitrogen and oxygen atoms in total. The lowest BCUT2D eigenvalue weighted by Crippen LogP contribution is -2.42. The van der Waals surface area contributed by atoms with Crippen LogP contribution in [0, 0.1) is 0 Å². The first kappa shape index (κ1) is 13.9. The second-order valence-corrected chi connectivity index (χ2v) is 6.56. The number of methoxy groups -OCH3 is 1. The summed E-state index contributed by atoms with van der Waals surface area (Å²) in [6, 6.07) is 0. The molecule has 2 fully saturated rings. The van der Waals surface area contributed by atoms with Gasteiger partial charge in [0.1, 0.15) is 0 Å². The Morgan fingerprint density at radius 2 is 1.67 bits per heavy atom. The van der Waals surface area contributed by atoms with Gasteiger partial charge in [0, 0.05) is 11.7 Å². The molecule has 0 aromatic heterocycles. The molecule has 2 aliphatic rings. The van der Waals surface area contributed by atoms with Crippen LogP contribution >= 0.6 is 0 Å². The molecule has 1 saturated carbocycles. The number of carbonyl (C=O) groups excluding carboxylic acids is 1. The minimum absolute atomic E-state index is 0.176. The largest absolute Gasteiger partial charge is 0.469 e. The number of ether oxygens (including phenoxy) is 1. The topological polar surface area (TPSA) is 44.8 Å². The average molecular weight is 254 g/mol. The summed E-state index contributed by atoms with van der Waals surface area (Å²) in [6.45, 7) is 8.16. The molecule has 0 radical (unpaired) electrons. The third kappa shape index (κ3) is 2.07. The number of hydrogen-bond donors (Lipinski definition) is 0. The third-order valence-electron chi connectivity index (χ3n) is 4.83. The second-order valence-electron chi connectivity index (χ2n) is 6.56. The van der Waals surface area contributed by atoms with Crippen molar-refractivity contribution in [3.05, 3.63) is 0 Å². The van der Waals surface area contributed by atoms with Crippen molar-refractivity contribution in [1.82, 2.24) is 0 Å². The van der Waals surface area contributed by atoms with Crippen LogP contribution < -0.4 is 0 Å². The maximum absolute atomic E-state index is 11.6. The van der Waals surface area contributed by atoms with E-state index in [9.17, 15) is 4.79 Å². The van der Waals surface area contributed by atoms with E-state index in [-0.39, 0.29) is 29.6 Å². The van der Waals surface area contributed by atoms with Crippen molar-refractivity contribution >= 4 is 13.1 Å². The summed E-state index contributed by atoms with van der Waals surface area (Å²) in [5, 5.41) is -0.182. The van der Waals surface area contributed by atoms with E-state index in [1.165, 1.54) is 7.11 Å². The van der Waals surface area contributed by atoms with Crippen LogP contribution in [0.2, 0.25) is 5.31 Å². The fraction of sp³-hybridized carbons (Fsp3) is 0.923. The molecule has 1 saturated heterocycles. The Balaban J connectivity index is 2.13. The molecule has 0 aromatic carbocycles. The van der Waals surface area contributed by atoms with Gasteiger partial charge in [0.2, 0.25) is 0 Å². The van der Waals surface area contributed by atoms with Crippen molar-refractivity contribution in [2.75, 3.05) is 7.11 Å². The molecule has 0 bridgehead atoms. The summed E-state index contributed by atoms with van der Waals surface area (Å²) >= 11 is 0. The van der Waals surface area contributed by atoms with Crippen molar-refractivity contribution in [3.8, 4) is 0 Å². The monoisotopic (exact) mass is 254 g/mol. The first-order chi connectivity index (χ1) is 8.22. The second kappa shape index (κ2) is 4.24. The van der Waals surface area contributed by atoms with Crippen LogP contribution in [-0.2, 0) is 18.8 Å². The summed E-state index contributed by atoms with van der Waals surface area (Å²) in [5.41, 5.74) is -0.674. The predicted molar refractivity (Wildman–Crippen MR) is 69.3 cm³/mol. The number of rotatable bonds is 3. The van der Waals surface area contributed by atoms with Gasteiger partial charge in [-0.2, -0.15) is 0 Å². The highest BCUT2D eigenvalue weighted by Gasteiger charge is 2.61. The Kier molecular flexibility index (Phi) is 3.27. The summed E-state index contributed by atoms with van der Waals surface area (Å²) in [7, 11) is 1.13. The van der Waals surface area contributed by atoms with Crippen LogP contribution in [0.5, 0.6) is 0 Å². The van der Waals surface area contributed by atoms with E-state index in [2.05, 4.69) is 0 Å². The summed E-state index contributed by atoms with van der Waals surface area (Å²) in [5.74, 6) is -0.176. The average Bonchev–Trinajstić information content (AvgIpc) is 2.41. The van der Waals surface area contributed by atoms with E-state index in [1.807, 2.05) is 27.7 Å². The number of carbonyl (C=O) groups is 1. The minimum Gasteiger partial charge on any atom is -0.469 e. The SMILES string of the molecule is COC(=O)CC1(B2OC(C)(C)C(C)(C)O2)CCC1. The van der Waals surface area contributed by atoms with Gasteiger partial charge in [-0.3, -0.25) is 4.79 Å². The van der Waals surface area contributed by atoms with Crippen LogP contribution in [0.3, 0.4) is 0 Å². The van der Waals surface area contributed by atoms with E-state index in [1.54, 1.807) is 0 Å². The zero-order valence-electron chi connectivity index (χ0n) is 12.0. The molecule has 0 spiro atoms. The van der Waals surface area contributed by atoms with Crippen LogP contribution in [0.15, 0.2) is 0 Å². The molecule has 1 aliphatic carbocycles. The van der Waals surface area contributed by atoms with Gasteiger partial charge in [-0.05, 0) is 40.5 Å². The van der Waals surface area contributed by atoms with Gasteiger partial charge in [0.05, 0.1) is 18.3 Å². The van der Waals surface area contributed by atoms with Gasteiger partial charge in [0.25, 0.3) is 0 Å². The lowest BCUT2D eigenvalue weighted by atomic mass is 9.45. The molecule has 1 aliphatic heterocycles. The van der Waals surface area contributed by atoms with Gasteiger partial charge in [-0.15, -0.1) is 0 Å². The third-order valence-corrected chi connectivity index (χ3v) is 4.83. The molecule has 0 aromatic rings. The first-order valence-corrected chi connectivity index (χ1v) is 6.65. The van der Waals surface area contributed by atoms with Crippen molar-refractivity contribution in [1.29, 1.82) is 0 Å². The van der Waals surface area contributed by atoms with Gasteiger partial charge < -0.3 is 14.0 Å². The molecule has 2 rings (SSSR count). The normalized spacial score (nSPS) is 27.7. The molecule has 0 N–H and O–H groups in total. The van der Waals surface area contributed by atoms with Crippen LogP contribution in [-0.4, -0.2) is 31.4 Å². The fourth-order valence-electron chi connectivity index (χ4n) is 2.58. The van der Waals surface area contributed by atoms with Gasteiger partial charge in [0.15, 0.2) is 0 Å². The molecule has 0 atom stereocenters. The highest BCUT2D eigenvalue weighted by molar-refractivity contribution is 6.50. The van der Waals surface area contributed by atoms with Gasteiger partial charge in [-0.25, -0.2) is 0 Å². The Morgan fingerprint density at radius 3 is 2.00 bits per heavy atom. The zero-order chi connectivity index (χ0) is 13.6. The van der Waals surface area contributed by atoms with E-state index in [4.69, 9.17) is 14.0 Å². The fourth-order valence-corrected chi connectivity index (χ4v) is 2.58. The van der Waals surface area contributed by atoms with Crippen LogP contribution in [0.4, 0.5) is 0 Å².